The van der Waals surface area contributed by atoms with Gasteiger partial charge in [-0.25, -0.2) is 4.98 Å². The van der Waals surface area contributed by atoms with E-state index >= 15 is 0 Å². The summed E-state index contributed by atoms with van der Waals surface area (Å²) in [6.07, 6.45) is 0.284. The fourth-order valence-corrected chi connectivity index (χ4v) is 3.84. The minimum atomic E-state index is -0.427. The van der Waals surface area contributed by atoms with Crippen LogP contribution in [0, 0.1) is 17.2 Å². The van der Waals surface area contributed by atoms with Gasteiger partial charge in [-0.05, 0) is 31.0 Å². The zero-order valence-corrected chi connectivity index (χ0v) is 17.5. The Morgan fingerprint density at radius 1 is 1.41 bits per heavy atom. The lowest BCUT2D eigenvalue weighted by atomic mass is 10.2. The van der Waals surface area contributed by atoms with Crippen molar-refractivity contribution in [1.82, 2.24) is 14.5 Å². The van der Waals surface area contributed by atoms with Gasteiger partial charge in [0, 0.05) is 25.2 Å². The van der Waals surface area contributed by atoms with E-state index in [2.05, 4.69) is 4.98 Å². The van der Waals surface area contributed by atoms with Crippen LogP contribution < -0.4 is 5.56 Å². The third kappa shape index (κ3) is 5.24. The van der Waals surface area contributed by atoms with Gasteiger partial charge in [0.05, 0.1) is 28.6 Å². The molecule has 1 heterocycles. The molecule has 0 aliphatic carbocycles. The van der Waals surface area contributed by atoms with Crippen molar-refractivity contribution >= 4 is 40.2 Å². The highest BCUT2D eigenvalue weighted by atomic mass is 35.5. The summed E-state index contributed by atoms with van der Waals surface area (Å²) >= 11 is 7.30. The highest BCUT2D eigenvalue weighted by Gasteiger charge is 2.22. The van der Waals surface area contributed by atoms with E-state index in [9.17, 15) is 9.59 Å². The Hall–Kier alpha value is -2.04. The van der Waals surface area contributed by atoms with Gasteiger partial charge < -0.3 is 4.90 Å². The molecule has 0 saturated carbocycles. The number of carbonyl (C=O) groups excluding carboxylic acids is 1. The van der Waals surface area contributed by atoms with E-state index in [1.54, 1.807) is 36.7 Å². The molecule has 0 spiro atoms. The van der Waals surface area contributed by atoms with Crippen molar-refractivity contribution in [2.75, 3.05) is 13.6 Å². The van der Waals surface area contributed by atoms with Gasteiger partial charge in [0.2, 0.25) is 5.91 Å². The van der Waals surface area contributed by atoms with Crippen LogP contribution in [0.2, 0.25) is 5.02 Å². The molecule has 1 atom stereocenters. The van der Waals surface area contributed by atoms with Crippen LogP contribution in [0.3, 0.4) is 0 Å². The van der Waals surface area contributed by atoms with Gasteiger partial charge in [0.15, 0.2) is 5.16 Å². The van der Waals surface area contributed by atoms with Crippen molar-refractivity contribution in [3.05, 3.63) is 33.6 Å². The van der Waals surface area contributed by atoms with Crippen LogP contribution in [0.5, 0.6) is 0 Å². The van der Waals surface area contributed by atoms with E-state index < -0.39 is 5.25 Å². The molecule has 0 aliphatic rings. The molecular weight excluding hydrogens is 384 g/mol. The van der Waals surface area contributed by atoms with Crippen LogP contribution in [-0.2, 0) is 11.3 Å². The van der Waals surface area contributed by atoms with Crippen LogP contribution in [0.1, 0.15) is 27.2 Å². The van der Waals surface area contributed by atoms with Gasteiger partial charge in [0.25, 0.3) is 5.56 Å². The Morgan fingerprint density at radius 2 is 2.11 bits per heavy atom. The maximum absolute atomic E-state index is 13.0. The number of hydrogen-bond acceptors (Lipinski definition) is 5. The number of fused-ring (bicyclic) bond motifs is 1. The first-order valence-electron chi connectivity index (χ1n) is 8.73. The van der Waals surface area contributed by atoms with Crippen LogP contribution in [0.15, 0.2) is 28.2 Å². The average Bonchev–Trinajstić information content (AvgIpc) is 2.62. The van der Waals surface area contributed by atoms with E-state index in [0.29, 0.717) is 34.2 Å². The second kappa shape index (κ2) is 9.25. The molecule has 0 radical (unpaired) electrons. The first kappa shape index (κ1) is 21.3. The molecule has 0 bridgehead atoms. The predicted molar refractivity (Wildman–Crippen MR) is 109 cm³/mol. The quantitative estimate of drug-likeness (QED) is 0.518. The molecule has 144 valence electrons. The fourth-order valence-electron chi connectivity index (χ4n) is 2.64. The second-order valence-corrected chi connectivity index (χ2v) is 8.54. The standard InChI is InChI=1S/C19H23ClN4O2S/c1-12(2)11-24-18(26)15-10-14(20)6-7-16(15)22-19(24)27-13(3)17(25)23(4)9-5-8-21/h6-7,10,12-13H,5,9,11H2,1-4H3/t13-/m0/s1. The Morgan fingerprint density at radius 3 is 2.74 bits per heavy atom. The number of nitrogens with zero attached hydrogens (tertiary/aromatic N) is 4. The molecule has 0 unspecified atom stereocenters. The number of aromatic nitrogens is 2. The maximum atomic E-state index is 13.0. The van der Waals surface area contributed by atoms with Gasteiger partial charge in [-0.15, -0.1) is 0 Å². The summed E-state index contributed by atoms with van der Waals surface area (Å²) in [5.41, 5.74) is 0.403. The van der Waals surface area contributed by atoms with Crippen molar-refractivity contribution in [3.8, 4) is 6.07 Å². The number of hydrogen-bond donors (Lipinski definition) is 0. The van der Waals surface area contributed by atoms with Crippen LogP contribution >= 0.6 is 23.4 Å². The van der Waals surface area contributed by atoms with Crippen molar-refractivity contribution in [1.29, 1.82) is 5.26 Å². The Kier molecular flexibility index (Phi) is 7.28. The molecule has 0 saturated heterocycles. The minimum Gasteiger partial charge on any atom is -0.344 e. The number of nitriles is 1. The Balaban J connectivity index is 2.41. The smallest absolute Gasteiger partial charge is 0.262 e. The lowest BCUT2D eigenvalue weighted by molar-refractivity contribution is -0.128. The van der Waals surface area contributed by atoms with Crippen molar-refractivity contribution in [2.24, 2.45) is 5.92 Å². The molecule has 2 rings (SSSR count). The zero-order chi connectivity index (χ0) is 20.1. The largest absolute Gasteiger partial charge is 0.344 e. The second-order valence-electron chi connectivity index (χ2n) is 6.79. The predicted octanol–water partition coefficient (Wildman–Crippen LogP) is 3.56. The van der Waals surface area contributed by atoms with Crippen molar-refractivity contribution in [3.63, 3.8) is 0 Å². The summed E-state index contributed by atoms with van der Waals surface area (Å²) < 4.78 is 1.62. The molecule has 0 N–H and O–H groups in total. The van der Waals surface area contributed by atoms with E-state index in [4.69, 9.17) is 16.9 Å². The molecule has 0 aliphatic heterocycles. The van der Waals surface area contributed by atoms with E-state index in [-0.39, 0.29) is 23.8 Å². The molecule has 27 heavy (non-hydrogen) atoms. The van der Waals surface area contributed by atoms with Crippen molar-refractivity contribution in [2.45, 2.75) is 44.1 Å². The number of thioether (sulfide) groups is 1. The van der Waals surface area contributed by atoms with Crippen LogP contribution in [0.4, 0.5) is 0 Å². The number of rotatable bonds is 7. The molecule has 2 aromatic rings. The highest BCUT2D eigenvalue weighted by Crippen LogP contribution is 2.25. The topological polar surface area (TPSA) is 79.0 Å². The van der Waals surface area contributed by atoms with E-state index in [1.807, 2.05) is 19.9 Å². The average molecular weight is 407 g/mol. The summed E-state index contributed by atoms with van der Waals surface area (Å²) in [5, 5.41) is 9.73. The molecule has 1 aromatic carbocycles. The lowest BCUT2D eigenvalue weighted by Gasteiger charge is -2.21. The van der Waals surface area contributed by atoms with Gasteiger partial charge in [-0.2, -0.15) is 5.26 Å². The lowest BCUT2D eigenvalue weighted by Crippen LogP contribution is -2.34. The third-order valence-electron chi connectivity index (χ3n) is 3.99. The number of carbonyl (C=O) groups is 1. The minimum absolute atomic E-state index is 0.100. The van der Waals surface area contributed by atoms with E-state index in [0.717, 1.165) is 0 Å². The molecule has 0 fully saturated rings. The van der Waals surface area contributed by atoms with Crippen molar-refractivity contribution < 1.29 is 4.79 Å². The van der Waals surface area contributed by atoms with Gasteiger partial charge in [-0.1, -0.05) is 37.2 Å². The summed E-state index contributed by atoms with van der Waals surface area (Å²) in [5.74, 6) is 0.140. The number of halogens is 1. The Bertz CT molecular complexity index is 936. The highest BCUT2D eigenvalue weighted by molar-refractivity contribution is 8.00. The fraction of sp³-hybridized carbons (Fsp3) is 0.474. The zero-order valence-electron chi connectivity index (χ0n) is 15.9. The summed E-state index contributed by atoms with van der Waals surface area (Å²) in [4.78, 5) is 31.7. The summed E-state index contributed by atoms with van der Waals surface area (Å²) in [6, 6.07) is 7.08. The van der Waals surface area contributed by atoms with Gasteiger partial charge >= 0.3 is 0 Å². The summed E-state index contributed by atoms with van der Waals surface area (Å²) in [6.45, 7) is 6.71. The SMILES string of the molecule is CC(C)Cn1c(S[C@@H](C)C(=O)N(C)CCC#N)nc2ccc(Cl)cc2c1=O. The molecule has 8 heteroatoms. The molecule has 6 nitrogen and oxygen atoms in total. The molecule has 1 amide bonds. The Labute approximate surface area is 168 Å². The molecule has 1 aromatic heterocycles. The first-order chi connectivity index (χ1) is 12.7. The maximum Gasteiger partial charge on any atom is 0.262 e. The van der Waals surface area contributed by atoms with Crippen LogP contribution in [0.25, 0.3) is 10.9 Å². The monoisotopic (exact) mass is 406 g/mol. The summed E-state index contributed by atoms with van der Waals surface area (Å²) in [7, 11) is 1.67. The van der Waals surface area contributed by atoms with Crippen LogP contribution in [-0.4, -0.2) is 39.2 Å². The number of amides is 1. The first-order valence-corrected chi connectivity index (χ1v) is 9.99. The normalized spacial score (nSPS) is 12.2. The van der Waals surface area contributed by atoms with Gasteiger partial charge in [-0.3, -0.25) is 14.2 Å². The van der Waals surface area contributed by atoms with Gasteiger partial charge in [0.1, 0.15) is 0 Å². The van der Waals surface area contributed by atoms with E-state index in [1.165, 1.54) is 16.7 Å². The number of benzene rings is 1. The molecular formula is C19H23ClN4O2S. The third-order valence-corrected chi connectivity index (χ3v) is 5.31.